The number of rotatable bonds is 3. The van der Waals surface area contributed by atoms with Gasteiger partial charge in [-0.2, -0.15) is 0 Å². The van der Waals surface area contributed by atoms with Crippen LogP contribution in [-0.4, -0.2) is 12.6 Å². The summed E-state index contributed by atoms with van der Waals surface area (Å²) >= 11 is 0. The summed E-state index contributed by atoms with van der Waals surface area (Å²) in [5.41, 5.74) is 5.42. The monoisotopic (exact) mass is 187 g/mol. The van der Waals surface area contributed by atoms with Gasteiger partial charge in [0.15, 0.2) is 11.6 Å². The van der Waals surface area contributed by atoms with Gasteiger partial charge in [-0.05, 0) is 19.1 Å². The van der Waals surface area contributed by atoms with E-state index in [1.807, 2.05) is 0 Å². The smallest absolute Gasteiger partial charge is 0.162 e. The van der Waals surface area contributed by atoms with Crippen molar-refractivity contribution in [2.24, 2.45) is 5.73 Å². The first kappa shape index (κ1) is 9.92. The largest absolute Gasteiger partial charge is 0.492 e. The topological polar surface area (TPSA) is 35.2 Å². The molecule has 0 heterocycles. The van der Waals surface area contributed by atoms with Gasteiger partial charge in [0.25, 0.3) is 0 Å². The van der Waals surface area contributed by atoms with Gasteiger partial charge in [0.1, 0.15) is 12.4 Å². The van der Waals surface area contributed by atoms with Crippen LogP contribution >= 0.6 is 0 Å². The third-order valence-corrected chi connectivity index (χ3v) is 1.40. The summed E-state index contributed by atoms with van der Waals surface area (Å²) in [6.45, 7) is 2.05. The Labute approximate surface area is 75.3 Å². The van der Waals surface area contributed by atoms with Crippen molar-refractivity contribution in [3.8, 4) is 5.75 Å². The summed E-state index contributed by atoms with van der Waals surface area (Å²) in [5, 5.41) is 0. The van der Waals surface area contributed by atoms with E-state index in [0.29, 0.717) is 0 Å². The van der Waals surface area contributed by atoms with Crippen LogP contribution in [0.25, 0.3) is 0 Å². The molecule has 0 amide bonds. The van der Waals surface area contributed by atoms with Crippen LogP contribution in [0.1, 0.15) is 6.92 Å². The van der Waals surface area contributed by atoms with E-state index in [9.17, 15) is 8.78 Å². The van der Waals surface area contributed by atoms with Gasteiger partial charge in [0, 0.05) is 12.1 Å². The lowest BCUT2D eigenvalue weighted by atomic mass is 10.3. The normalized spacial score (nSPS) is 12.6. The molecule has 0 spiro atoms. The highest BCUT2D eigenvalue weighted by Crippen LogP contribution is 2.15. The highest BCUT2D eigenvalue weighted by atomic mass is 19.2. The first-order chi connectivity index (χ1) is 6.09. The van der Waals surface area contributed by atoms with E-state index in [0.717, 1.165) is 12.1 Å². The van der Waals surface area contributed by atoms with E-state index >= 15 is 0 Å². The van der Waals surface area contributed by atoms with Gasteiger partial charge in [0.2, 0.25) is 0 Å². The summed E-state index contributed by atoms with van der Waals surface area (Å²) in [6, 6.07) is 3.25. The predicted molar refractivity (Wildman–Crippen MR) is 45.5 cm³/mol. The van der Waals surface area contributed by atoms with Crippen LogP contribution in [0.15, 0.2) is 18.2 Å². The highest BCUT2D eigenvalue weighted by molar-refractivity contribution is 5.23. The number of nitrogens with two attached hydrogens (primary N) is 1. The Hall–Kier alpha value is -1.16. The maximum Gasteiger partial charge on any atom is 0.162 e. The van der Waals surface area contributed by atoms with Gasteiger partial charge < -0.3 is 10.5 Å². The molecular formula is C9H11F2NO. The molecule has 0 aliphatic carbocycles. The van der Waals surface area contributed by atoms with Crippen LogP contribution in [-0.2, 0) is 0 Å². The van der Waals surface area contributed by atoms with Crippen LogP contribution in [0, 0.1) is 11.6 Å². The fourth-order valence-corrected chi connectivity index (χ4v) is 0.794. The molecule has 2 N–H and O–H groups in total. The second-order valence-corrected chi connectivity index (χ2v) is 2.86. The average Bonchev–Trinajstić information content (AvgIpc) is 2.07. The van der Waals surface area contributed by atoms with Crippen molar-refractivity contribution in [2.75, 3.05) is 6.61 Å². The molecule has 1 aromatic carbocycles. The van der Waals surface area contributed by atoms with Crippen molar-refractivity contribution in [3.05, 3.63) is 29.8 Å². The second-order valence-electron chi connectivity index (χ2n) is 2.86. The third-order valence-electron chi connectivity index (χ3n) is 1.40. The zero-order valence-electron chi connectivity index (χ0n) is 7.26. The highest BCUT2D eigenvalue weighted by Gasteiger charge is 2.03. The minimum atomic E-state index is -0.915. The van der Waals surface area contributed by atoms with Crippen molar-refractivity contribution in [1.82, 2.24) is 0 Å². The lowest BCUT2D eigenvalue weighted by Crippen LogP contribution is -2.23. The van der Waals surface area contributed by atoms with Crippen molar-refractivity contribution >= 4 is 0 Å². The molecular weight excluding hydrogens is 176 g/mol. The molecule has 0 aromatic heterocycles. The molecule has 4 heteroatoms. The zero-order valence-corrected chi connectivity index (χ0v) is 7.26. The second kappa shape index (κ2) is 4.18. The van der Waals surface area contributed by atoms with Gasteiger partial charge in [-0.1, -0.05) is 0 Å². The van der Waals surface area contributed by atoms with Crippen LogP contribution in [0.3, 0.4) is 0 Å². The number of ether oxygens (including phenoxy) is 1. The number of benzene rings is 1. The lowest BCUT2D eigenvalue weighted by Gasteiger charge is -2.08. The van der Waals surface area contributed by atoms with E-state index in [4.69, 9.17) is 10.5 Å². The van der Waals surface area contributed by atoms with Gasteiger partial charge in [-0.3, -0.25) is 0 Å². The molecule has 1 aromatic rings. The summed E-state index contributed by atoms with van der Waals surface area (Å²) in [7, 11) is 0. The maximum atomic E-state index is 12.6. The number of hydrogen-bond donors (Lipinski definition) is 1. The van der Waals surface area contributed by atoms with Gasteiger partial charge in [0.05, 0.1) is 0 Å². The van der Waals surface area contributed by atoms with Crippen LogP contribution in [0.4, 0.5) is 8.78 Å². The molecule has 0 bridgehead atoms. The summed E-state index contributed by atoms with van der Waals surface area (Å²) in [5.74, 6) is -1.51. The summed E-state index contributed by atoms with van der Waals surface area (Å²) in [6.07, 6.45) is 0. The van der Waals surface area contributed by atoms with E-state index in [-0.39, 0.29) is 18.4 Å². The first-order valence-electron chi connectivity index (χ1n) is 3.93. The molecule has 0 aliphatic rings. The Morgan fingerprint density at radius 3 is 2.62 bits per heavy atom. The Bertz CT molecular complexity index is 289. The van der Waals surface area contributed by atoms with E-state index < -0.39 is 11.6 Å². The summed E-state index contributed by atoms with van der Waals surface area (Å²) < 4.78 is 30.1. The van der Waals surface area contributed by atoms with Gasteiger partial charge in [-0.15, -0.1) is 0 Å². The number of hydrogen-bond acceptors (Lipinski definition) is 2. The molecule has 13 heavy (non-hydrogen) atoms. The molecule has 0 saturated carbocycles. The first-order valence-corrected chi connectivity index (χ1v) is 3.93. The summed E-state index contributed by atoms with van der Waals surface area (Å²) in [4.78, 5) is 0. The van der Waals surface area contributed by atoms with Crippen LogP contribution < -0.4 is 10.5 Å². The van der Waals surface area contributed by atoms with Crippen molar-refractivity contribution in [3.63, 3.8) is 0 Å². The van der Waals surface area contributed by atoms with Gasteiger partial charge in [-0.25, -0.2) is 8.78 Å². The van der Waals surface area contributed by atoms with E-state index in [2.05, 4.69) is 0 Å². The quantitative estimate of drug-likeness (QED) is 0.781. The SMILES string of the molecule is C[C@@H](N)COc1ccc(F)c(F)c1. The fraction of sp³-hybridized carbons (Fsp3) is 0.333. The molecule has 1 atom stereocenters. The van der Waals surface area contributed by atoms with E-state index in [1.54, 1.807) is 6.92 Å². The average molecular weight is 187 g/mol. The van der Waals surface area contributed by atoms with Crippen LogP contribution in [0.2, 0.25) is 0 Å². The molecule has 1 rings (SSSR count). The Balaban J connectivity index is 2.63. The molecule has 2 nitrogen and oxygen atoms in total. The van der Waals surface area contributed by atoms with Crippen molar-refractivity contribution in [2.45, 2.75) is 13.0 Å². The van der Waals surface area contributed by atoms with Gasteiger partial charge >= 0.3 is 0 Å². The molecule has 0 radical (unpaired) electrons. The zero-order chi connectivity index (χ0) is 9.84. The molecule has 72 valence electrons. The predicted octanol–water partition coefficient (Wildman–Crippen LogP) is 1.69. The fourth-order valence-electron chi connectivity index (χ4n) is 0.794. The minimum absolute atomic E-state index is 0.131. The van der Waals surface area contributed by atoms with Crippen molar-refractivity contribution < 1.29 is 13.5 Å². The Kier molecular flexibility index (Phi) is 3.19. The lowest BCUT2D eigenvalue weighted by molar-refractivity contribution is 0.294. The van der Waals surface area contributed by atoms with Crippen molar-refractivity contribution in [1.29, 1.82) is 0 Å². The van der Waals surface area contributed by atoms with E-state index in [1.165, 1.54) is 6.07 Å². The molecule has 0 unspecified atom stereocenters. The molecule has 0 fully saturated rings. The minimum Gasteiger partial charge on any atom is -0.492 e. The maximum absolute atomic E-state index is 12.6. The third kappa shape index (κ3) is 2.99. The Morgan fingerprint density at radius 2 is 2.08 bits per heavy atom. The number of halogens is 2. The van der Waals surface area contributed by atoms with Crippen LogP contribution in [0.5, 0.6) is 5.75 Å². The Morgan fingerprint density at radius 1 is 1.38 bits per heavy atom. The molecule has 0 saturated heterocycles. The molecule has 0 aliphatic heterocycles. The standard InChI is InChI=1S/C9H11F2NO/c1-6(12)5-13-7-2-3-8(10)9(11)4-7/h2-4,6H,5,12H2,1H3/t6-/m1/s1.